The third-order valence-electron chi connectivity index (χ3n) is 6.26. The molecule has 1 aliphatic carbocycles. The number of Topliss-reactive ketones (excluding diaryl/α,β-unsaturated/α-hetero) is 1. The smallest absolute Gasteiger partial charge is 0.235 e. The minimum Gasteiger partial charge on any atom is -0.378 e. The van der Waals surface area contributed by atoms with Gasteiger partial charge in [0.1, 0.15) is 11.5 Å². The van der Waals surface area contributed by atoms with Crippen LogP contribution < -0.4 is 5.32 Å². The first-order chi connectivity index (χ1) is 14.3. The van der Waals surface area contributed by atoms with E-state index in [1.807, 2.05) is 49.4 Å². The highest BCUT2D eigenvalue weighted by atomic mass is 35.5. The van der Waals surface area contributed by atoms with Crippen LogP contribution in [0.25, 0.3) is 11.1 Å². The number of aryl methyl sites for hydroxylation is 1. The number of halogens is 1. The van der Waals surface area contributed by atoms with Crippen LogP contribution in [0.15, 0.2) is 42.5 Å². The first kappa shape index (κ1) is 21.1. The maximum atomic E-state index is 13.5. The standard InChI is InChI=1S/C25H28ClNO3/c1-15(2)14-30-20-10-11-25(13-20)23(28)22(24(29)27-25)21-12-18(5-4-16(21)3)17-6-8-19(26)9-7-17/h4-9,12,15,20,22H,10-11,13-14H2,1-3H3,(H,27,29)/t20-,22?,25-/m1/s1. The summed E-state index contributed by atoms with van der Waals surface area (Å²) in [5.74, 6) is -0.525. The Bertz CT molecular complexity index is 969. The number of rotatable bonds is 5. The SMILES string of the molecule is Cc1ccc(-c2ccc(Cl)cc2)cc1C1C(=O)N[C@@]2(CC[C@@H](OCC(C)C)C2)C1=O. The molecule has 4 nitrogen and oxygen atoms in total. The van der Waals surface area contributed by atoms with Crippen molar-refractivity contribution in [3.8, 4) is 11.1 Å². The van der Waals surface area contributed by atoms with Crippen molar-refractivity contribution < 1.29 is 14.3 Å². The number of ether oxygens (including phenoxy) is 1. The van der Waals surface area contributed by atoms with Crippen molar-refractivity contribution in [3.05, 3.63) is 58.6 Å². The van der Waals surface area contributed by atoms with E-state index in [2.05, 4.69) is 19.2 Å². The van der Waals surface area contributed by atoms with Gasteiger partial charge < -0.3 is 10.1 Å². The van der Waals surface area contributed by atoms with Gasteiger partial charge in [0.2, 0.25) is 5.91 Å². The summed E-state index contributed by atoms with van der Waals surface area (Å²) in [5.41, 5.74) is 2.92. The van der Waals surface area contributed by atoms with E-state index in [1.165, 1.54) is 0 Å². The van der Waals surface area contributed by atoms with Crippen LogP contribution in [0.5, 0.6) is 0 Å². The summed E-state index contributed by atoms with van der Waals surface area (Å²) in [6.45, 7) is 6.85. The average molecular weight is 426 g/mol. The third kappa shape index (κ3) is 3.91. The second-order valence-electron chi connectivity index (χ2n) is 9.04. The van der Waals surface area contributed by atoms with Crippen LogP contribution in [-0.4, -0.2) is 29.9 Å². The summed E-state index contributed by atoms with van der Waals surface area (Å²) < 4.78 is 5.97. The molecule has 1 amide bonds. The number of carbonyl (C=O) groups is 2. The topological polar surface area (TPSA) is 55.4 Å². The molecule has 1 aliphatic heterocycles. The largest absolute Gasteiger partial charge is 0.378 e. The van der Waals surface area contributed by atoms with Crippen LogP contribution in [0.3, 0.4) is 0 Å². The first-order valence-electron chi connectivity index (χ1n) is 10.6. The number of hydrogen-bond donors (Lipinski definition) is 1. The monoisotopic (exact) mass is 425 g/mol. The summed E-state index contributed by atoms with van der Waals surface area (Å²) in [7, 11) is 0. The minimum absolute atomic E-state index is 0.0143. The number of ketones is 1. The van der Waals surface area contributed by atoms with Crippen LogP contribution in [-0.2, 0) is 14.3 Å². The van der Waals surface area contributed by atoms with E-state index < -0.39 is 11.5 Å². The van der Waals surface area contributed by atoms with E-state index in [9.17, 15) is 9.59 Å². The fraction of sp³-hybridized carbons (Fsp3) is 0.440. The van der Waals surface area contributed by atoms with Crippen LogP contribution in [0.1, 0.15) is 50.2 Å². The molecule has 4 rings (SSSR count). The lowest BCUT2D eigenvalue weighted by Gasteiger charge is -2.22. The molecule has 1 saturated carbocycles. The second kappa shape index (κ2) is 8.16. The lowest BCUT2D eigenvalue weighted by Crippen LogP contribution is -2.44. The van der Waals surface area contributed by atoms with Gasteiger partial charge in [0.15, 0.2) is 5.78 Å². The highest BCUT2D eigenvalue weighted by Gasteiger charge is 2.56. The van der Waals surface area contributed by atoms with Gasteiger partial charge in [-0.05, 0) is 66.1 Å². The van der Waals surface area contributed by atoms with Gasteiger partial charge in [-0.2, -0.15) is 0 Å². The molecule has 2 fully saturated rings. The molecule has 2 aliphatic rings. The molecule has 1 spiro atoms. The molecule has 30 heavy (non-hydrogen) atoms. The van der Waals surface area contributed by atoms with Gasteiger partial charge in [0.25, 0.3) is 0 Å². The second-order valence-corrected chi connectivity index (χ2v) is 9.48. The maximum absolute atomic E-state index is 13.5. The fourth-order valence-corrected chi connectivity index (χ4v) is 4.76. The lowest BCUT2D eigenvalue weighted by atomic mass is 9.83. The van der Waals surface area contributed by atoms with Crippen molar-refractivity contribution in [3.63, 3.8) is 0 Å². The molecule has 158 valence electrons. The Labute approximate surface area is 183 Å². The van der Waals surface area contributed by atoms with E-state index in [0.717, 1.165) is 28.7 Å². The third-order valence-corrected chi connectivity index (χ3v) is 6.51. The van der Waals surface area contributed by atoms with E-state index in [0.29, 0.717) is 30.4 Å². The quantitative estimate of drug-likeness (QED) is 0.681. The Morgan fingerprint density at radius 1 is 1.13 bits per heavy atom. The predicted octanol–water partition coefficient (Wildman–Crippen LogP) is 5.06. The number of nitrogens with one attached hydrogen (secondary N) is 1. The van der Waals surface area contributed by atoms with E-state index >= 15 is 0 Å². The minimum atomic E-state index is -0.786. The zero-order valence-electron chi connectivity index (χ0n) is 17.7. The van der Waals surface area contributed by atoms with Crippen molar-refractivity contribution in [1.82, 2.24) is 5.32 Å². The molecule has 2 aromatic carbocycles. The number of carbonyl (C=O) groups excluding carboxylic acids is 2. The summed E-state index contributed by atoms with van der Waals surface area (Å²) in [4.78, 5) is 26.5. The van der Waals surface area contributed by atoms with Gasteiger partial charge in [-0.3, -0.25) is 9.59 Å². The average Bonchev–Trinajstić information content (AvgIpc) is 3.22. The summed E-state index contributed by atoms with van der Waals surface area (Å²) in [6, 6.07) is 13.5. The van der Waals surface area contributed by atoms with Gasteiger partial charge in [0, 0.05) is 18.1 Å². The molecule has 0 radical (unpaired) electrons. The maximum Gasteiger partial charge on any atom is 0.235 e. The summed E-state index contributed by atoms with van der Waals surface area (Å²) in [5, 5.41) is 3.73. The Kier molecular flexibility index (Phi) is 5.73. The van der Waals surface area contributed by atoms with Crippen molar-refractivity contribution in [2.75, 3.05) is 6.61 Å². The van der Waals surface area contributed by atoms with E-state index in [4.69, 9.17) is 16.3 Å². The van der Waals surface area contributed by atoms with Crippen LogP contribution in [0.4, 0.5) is 0 Å². The van der Waals surface area contributed by atoms with Crippen molar-refractivity contribution in [1.29, 1.82) is 0 Å². The zero-order chi connectivity index (χ0) is 21.5. The molecule has 0 aromatic heterocycles. The molecule has 1 N–H and O–H groups in total. The summed E-state index contributed by atoms with van der Waals surface area (Å²) >= 11 is 6.01. The van der Waals surface area contributed by atoms with Crippen molar-refractivity contribution in [2.24, 2.45) is 5.92 Å². The molecule has 1 saturated heterocycles. The lowest BCUT2D eigenvalue weighted by molar-refractivity contribution is -0.125. The van der Waals surface area contributed by atoms with E-state index in [-0.39, 0.29) is 17.8 Å². The molecule has 2 aromatic rings. The zero-order valence-corrected chi connectivity index (χ0v) is 18.5. The van der Waals surface area contributed by atoms with Crippen LogP contribution >= 0.6 is 11.6 Å². The highest BCUT2D eigenvalue weighted by Crippen LogP contribution is 2.42. The Morgan fingerprint density at radius 3 is 2.53 bits per heavy atom. The Balaban J connectivity index is 1.60. The van der Waals surface area contributed by atoms with Crippen LogP contribution in [0, 0.1) is 12.8 Å². The number of amides is 1. The molecule has 3 atom stereocenters. The van der Waals surface area contributed by atoms with E-state index in [1.54, 1.807) is 0 Å². The molecular weight excluding hydrogens is 398 g/mol. The van der Waals surface area contributed by atoms with Crippen molar-refractivity contribution >= 4 is 23.3 Å². The fourth-order valence-electron chi connectivity index (χ4n) is 4.63. The number of benzene rings is 2. The molecule has 1 unspecified atom stereocenters. The van der Waals surface area contributed by atoms with Gasteiger partial charge in [-0.25, -0.2) is 0 Å². The van der Waals surface area contributed by atoms with Gasteiger partial charge in [-0.15, -0.1) is 0 Å². The highest BCUT2D eigenvalue weighted by molar-refractivity contribution is 6.30. The molecular formula is C25H28ClNO3. The normalized spacial score (nSPS) is 26.0. The Morgan fingerprint density at radius 2 is 1.83 bits per heavy atom. The Hall–Kier alpha value is -2.17. The van der Waals surface area contributed by atoms with Gasteiger partial charge in [-0.1, -0.05) is 49.7 Å². The van der Waals surface area contributed by atoms with Crippen molar-refractivity contribution in [2.45, 2.75) is 57.6 Å². The summed E-state index contributed by atoms with van der Waals surface area (Å²) in [6.07, 6.45) is 2.04. The molecule has 0 bridgehead atoms. The van der Waals surface area contributed by atoms with Gasteiger partial charge >= 0.3 is 0 Å². The van der Waals surface area contributed by atoms with Gasteiger partial charge in [0.05, 0.1) is 6.10 Å². The predicted molar refractivity (Wildman–Crippen MR) is 119 cm³/mol. The first-order valence-corrected chi connectivity index (χ1v) is 11.0. The van der Waals surface area contributed by atoms with Crippen LogP contribution in [0.2, 0.25) is 5.02 Å². The number of hydrogen-bond acceptors (Lipinski definition) is 3. The molecule has 5 heteroatoms. The molecule has 1 heterocycles.